The van der Waals surface area contributed by atoms with Crippen molar-refractivity contribution in [1.82, 2.24) is 8.87 Å². The number of nitrogens with zero attached hydrogens (tertiary/aromatic N) is 3. The van der Waals surface area contributed by atoms with Gasteiger partial charge >= 0.3 is 5.76 Å². The zero-order chi connectivity index (χ0) is 19.6. The standard InChI is InChI=1S/C19H23N3O4S/c1-20(2)16-10-8-15(9-11-16)14-21(3)27(24,25)13-12-22-17-6-4-5-7-18(17)26-19(22)23/h4-11H,12-14H2,1-3H3. The number of rotatable bonds is 7. The first-order chi connectivity index (χ1) is 12.8. The van der Waals surface area contributed by atoms with Gasteiger partial charge in [-0.1, -0.05) is 24.3 Å². The number of oxazole rings is 1. The molecule has 1 heterocycles. The minimum Gasteiger partial charge on any atom is -0.408 e. The van der Waals surface area contributed by atoms with E-state index in [9.17, 15) is 13.2 Å². The Morgan fingerprint density at radius 2 is 1.67 bits per heavy atom. The number of anilines is 1. The normalized spacial score (nSPS) is 12.0. The van der Waals surface area contributed by atoms with Crippen molar-refractivity contribution in [1.29, 1.82) is 0 Å². The van der Waals surface area contributed by atoms with Crippen LogP contribution in [0.2, 0.25) is 0 Å². The number of sulfonamides is 1. The molecular formula is C19H23N3O4S. The molecule has 27 heavy (non-hydrogen) atoms. The molecule has 0 fully saturated rings. The van der Waals surface area contributed by atoms with Crippen LogP contribution in [0, 0.1) is 0 Å². The Morgan fingerprint density at radius 1 is 1.00 bits per heavy atom. The zero-order valence-electron chi connectivity index (χ0n) is 15.6. The molecule has 0 aliphatic heterocycles. The molecule has 0 spiro atoms. The summed E-state index contributed by atoms with van der Waals surface area (Å²) < 4.78 is 33.1. The summed E-state index contributed by atoms with van der Waals surface area (Å²) in [5.41, 5.74) is 3.00. The number of aromatic nitrogens is 1. The summed E-state index contributed by atoms with van der Waals surface area (Å²) >= 11 is 0. The molecular weight excluding hydrogens is 366 g/mol. The third kappa shape index (κ3) is 4.23. The van der Waals surface area contributed by atoms with Gasteiger partial charge in [-0.2, -0.15) is 0 Å². The zero-order valence-corrected chi connectivity index (χ0v) is 16.4. The molecule has 0 aliphatic carbocycles. The predicted molar refractivity (Wildman–Crippen MR) is 106 cm³/mol. The molecule has 0 amide bonds. The summed E-state index contributed by atoms with van der Waals surface area (Å²) in [7, 11) is 1.93. The summed E-state index contributed by atoms with van der Waals surface area (Å²) in [5.74, 6) is -0.726. The summed E-state index contributed by atoms with van der Waals surface area (Å²) in [6.07, 6.45) is 0. The fraction of sp³-hybridized carbons (Fsp3) is 0.316. The molecule has 0 bridgehead atoms. The summed E-state index contributed by atoms with van der Waals surface area (Å²) in [6, 6.07) is 14.7. The molecule has 0 aliphatic rings. The van der Waals surface area contributed by atoms with E-state index in [0.717, 1.165) is 11.3 Å². The highest BCUT2D eigenvalue weighted by atomic mass is 32.2. The van der Waals surface area contributed by atoms with Gasteiger partial charge in [0.2, 0.25) is 10.0 Å². The highest BCUT2D eigenvalue weighted by Crippen LogP contribution is 2.16. The molecule has 2 aromatic carbocycles. The fourth-order valence-corrected chi connectivity index (χ4v) is 3.91. The third-order valence-corrected chi connectivity index (χ3v) is 6.26. The monoisotopic (exact) mass is 389 g/mol. The molecule has 0 atom stereocenters. The third-order valence-electron chi connectivity index (χ3n) is 4.48. The summed E-state index contributed by atoms with van der Waals surface area (Å²) in [5, 5.41) is 0. The number of para-hydroxylation sites is 2. The van der Waals surface area contributed by atoms with Gasteiger partial charge in [0.1, 0.15) is 0 Å². The van der Waals surface area contributed by atoms with Crippen molar-refractivity contribution < 1.29 is 12.8 Å². The van der Waals surface area contributed by atoms with Gasteiger partial charge in [-0.05, 0) is 29.8 Å². The minimum absolute atomic E-state index is 0.0437. The number of hydrogen-bond acceptors (Lipinski definition) is 5. The van der Waals surface area contributed by atoms with Crippen LogP contribution < -0.4 is 10.7 Å². The first kappa shape index (κ1) is 19.2. The molecule has 3 aromatic rings. The van der Waals surface area contributed by atoms with Crippen LogP contribution in [-0.4, -0.2) is 44.2 Å². The van der Waals surface area contributed by atoms with Crippen LogP contribution in [0.3, 0.4) is 0 Å². The van der Waals surface area contributed by atoms with Crippen molar-refractivity contribution in [3.8, 4) is 0 Å². The van der Waals surface area contributed by atoms with Crippen LogP contribution in [0.5, 0.6) is 0 Å². The number of hydrogen-bond donors (Lipinski definition) is 0. The quantitative estimate of drug-likeness (QED) is 0.619. The van der Waals surface area contributed by atoms with Crippen LogP contribution in [0.4, 0.5) is 5.69 Å². The van der Waals surface area contributed by atoms with Crippen molar-refractivity contribution in [3.05, 3.63) is 64.6 Å². The summed E-state index contributed by atoms with van der Waals surface area (Å²) in [4.78, 5) is 14.0. The van der Waals surface area contributed by atoms with Crippen LogP contribution >= 0.6 is 0 Å². The Hall–Kier alpha value is -2.58. The summed E-state index contributed by atoms with van der Waals surface area (Å²) in [6.45, 7) is 0.319. The van der Waals surface area contributed by atoms with Gasteiger partial charge in [-0.25, -0.2) is 17.5 Å². The lowest BCUT2D eigenvalue weighted by Crippen LogP contribution is -2.31. The Bertz CT molecular complexity index is 1080. The Balaban J connectivity index is 1.70. The maximum absolute atomic E-state index is 12.6. The van der Waals surface area contributed by atoms with Crippen molar-refractivity contribution >= 4 is 26.8 Å². The van der Waals surface area contributed by atoms with Crippen molar-refractivity contribution in [2.45, 2.75) is 13.1 Å². The second-order valence-corrected chi connectivity index (χ2v) is 8.82. The van der Waals surface area contributed by atoms with Crippen molar-refractivity contribution in [2.24, 2.45) is 0 Å². The number of aryl methyl sites for hydroxylation is 1. The minimum atomic E-state index is -3.52. The van der Waals surface area contributed by atoms with Gasteiger partial charge in [0.15, 0.2) is 5.58 Å². The maximum atomic E-state index is 12.6. The highest BCUT2D eigenvalue weighted by Gasteiger charge is 2.20. The van der Waals surface area contributed by atoms with E-state index in [1.807, 2.05) is 43.3 Å². The Morgan fingerprint density at radius 3 is 2.33 bits per heavy atom. The molecule has 0 radical (unpaired) electrons. The van der Waals surface area contributed by atoms with Gasteiger partial charge in [0, 0.05) is 39.9 Å². The number of fused-ring (bicyclic) bond motifs is 1. The van der Waals surface area contributed by atoms with Gasteiger partial charge in [0.25, 0.3) is 0 Å². The molecule has 3 rings (SSSR count). The molecule has 144 valence electrons. The first-order valence-electron chi connectivity index (χ1n) is 8.56. The topological polar surface area (TPSA) is 75.8 Å². The van der Waals surface area contributed by atoms with Crippen LogP contribution in [-0.2, 0) is 23.1 Å². The fourth-order valence-electron chi connectivity index (χ4n) is 2.84. The highest BCUT2D eigenvalue weighted by molar-refractivity contribution is 7.89. The average molecular weight is 389 g/mol. The van der Waals surface area contributed by atoms with Gasteiger partial charge in [-0.15, -0.1) is 0 Å². The van der Waals surface area contributed by atoms with E-state index in [2.05, 4.69) is 0 Å². The Labute approximate surface area is 158 Å². The second-order valence-electron chi connectivity index (χ2n) is 6.62. The molecule has 0 saturated heterocycles. The largest absolute Gasteiger partial charge is 0.419 e. The SMILES string of the molecule is CN(C)c1ccc(CN(C)S(=O)(=O)CCn2c(=O)oc3ccccc32)cc1. The van der Waals surface area contributed by atoms with E-state index in [1.165, 1.54) is 8.87 Å². The Kier molecular flexibility index (Phi) is 5.38. The first-order valence-corrected chi connectivity index (χ1v) is 10.2. The van der Waals surface area contributed by atoms with Gasteiger partial charge in [-0.3, -0.25) is 4.57 Å². The van der Waals surface area contributed by atoms with E-state index in [4.69, 9.17) is 4.42 Å². The lowest BCUT2D eigenvalue weighted by atomic mass is 10.2. The molecule has 7 nitrogen and oxygen atoms in total. The lowest BCUT2D eigenvalue weighted by molar-refractivity contribution is 0.460. The smallest absolute Gasteiger partial charge is 0.408 e. The van der Waals surface area contributed by atoms with E-state index >= 15 is 0 Å². The second kappa shape index (κ2) is 7.58. The van der Waals surface area contributed by atoms with E-state index in [-0.39, 0.29) is 18.8 Å². The predicted octanol–water partition coefficient (Wildman–Crippen LogP) is 2.12. The molecule has 8 heteroatoms. The molecule has 1 aromatic heterocycles. The molecule has 0 unspecified atom stereocenters. The lowest BCUT2D eigenvalue weighted by Gasteiger charge is -2.18. The van der Waals surface area contributed by atoms with Crippen LogP contribution in [0.25, 0.3) is 11.1 Å². The molecule has 0 N–H and O–H groups in total. The van der Waals surface area contributed by atoms with Gasteiger partial charge in [0.05, 0.1) is 11.3 Å². The van der Waals surface area contributed by atoms with E-state index < -0.39 is 15.8 Å². The average Bonchev–Trinajstić information content (AvgIpc) is 2.95. The van der Waals surface area contributed by atoms with Crippen LogP contribution in [0.15, 0.2) is 57.7 Å². The molecule has 0 saturated carbocycles. The van der Waals surface area contributed by atoms with E-state index in [1.54, 1.807) is 31.3 Å². The maximum Gasteiger partial charge on any atom is 0.419 e. The van der Waals surface area contributed by atoms with Crippen LogP contribution in [0.1, 0.15) is 5.56 Å². The van der Waals surface area contributed by atoms with E-state index in [0.29, 0.717) is 11.1 Å². The van der Waals surface area contributed by atoms with Crippen molar-refractivity contribution in [2.75, 3.05) is 31.8 Å². The van der Waals surface area contributed by atoms with Crippen molar-refractivity contribution in [3.63, 3.8) is 0 Å². The number of benzene rings is 2. The van der Waals surface area contributed by atoms with Gasteiger partial charge < -0.3 is 9.32 Å².